The van der Waals surface area contributed by atoms with Crippen molar-refractivity contribution in [3.8, 4) is 0 Å². The molecule has 8 heteroatoms. The molecular weight excluding hydrogens is 406 g/mol. The first kappa shape index (κ1) is 22.2. The lowest BCUT2D eigenvalue weighted by Gasteiger charge is -2.34. The minimum Gasteiger partial charge on any atom is -0.481 e. The van der Waals surface area contributed by atoms with Crippen molar-refractivity contribution in [3.63, 3.8) is 0 Å². The van der Waals surface area contributed by atoms with Crippen LogP contribution in [0.5, 0.6) is 0 Å². The Morgan fingerprint density at radius 1 is 1.24 bits per heavy atom. The Morgan fingerprint density at radius 3 is 2.79 bits per heavy atom. The fourth-order valence-electron chi connectivity index (χ4n) is 4.02. The van der Waals surface area contributed by atoms with Crippen molar-refractivity contribution in [1.29, 1.82) is 0 Å². The van der Waals surface area contributed by atoms with Gasteiger partial charge in [0.1, 0.15) is 0 Å². The number of anilines is 1. The highest BCUT2D eigenvalue weighted by atomic mass is 32.2. The third-order valence-electron chi connectivity index (χ3n) is 5.59. The SMILES string of the molecule is O=C(O)CCSc1cnc(NC(=O)N(CCC2=CCCCC2)C2CCCCC2)s1. The molecule has 0 radical (unpaired) electrons. The van der Waals surface area contributed by atoms with E-state index in [9.17, 15) is 9.59 Å². The van der Waals surface area contributed by atoms with Crippen molar-refractivity contribution in [3.05, 3.63) is 17.8 Å². The van der Waals surface area contributed by atoms with Gasteiger partial charge in [-0.15, -0.1) is 11.8 Å². The van der Waals surface area contributed by atoms with Crippen LogP contribution in [0.4, 0.5) is 9.93 Å². The number of rotatable bonds is 9. The van der Waals surface area contributed by atoms with E-state index in [2.05, 4.69) is 16.4 Å². The molecular formula is C21H31N3O3S2. The Morgan fingerprint density at radius 2 is 2.07 bits per heavy atom. The zero-order valence-corrected chi connectivity index (χ0v) is 18.5. The highest BCUT2D eigenvalue weighted by molar-refractivity contribution is 8.01. The summed E-state index contributed by atoms with van der Waals surface area (Å²) in [7, 11) is 0. The van der Waals surface area contributed by atoms with Crippen molar-refractivity contribution >= 4 is 40.2 Å². The third-order valence-corrected chi connectivity index (χ3v) is 7.70. The number of hydrogen-bond donors (Lipinski definition) is 2. The Balaban J connectivity index is 1.57. The molecule has 3 rings (SSSR count). The summed E-state index contributed by atoms with van der Waals surface area (Å²) in [5.41, 5.74) is 1.50. The van der Waals surface area contributed by atoms with Gasteiger partial charge in [-0.05, 0) is 44.9 Å². The minimum absolute atomic E-state index is 0.0512. The number of urea groups is 1. The molecule has 1 aromatic rings. The molecule has 1 aromatic heterocycles. The van der Waals surface area contributed by atoms with E-state index in [-0.39, 0.29) is 12.5 Å². The topological polar surface area (TPSA) is 82.5 Å². The summed E-state index contributed by atoms with van der Waals surface area (Å²) in [5.74, 6) is -0.291. The molecule has 29 heavy (non-hydrogen) atoms. The van der Waals surface area contributed by atoms with Gasteiger partial charge in [0.2, 0.25) is 0 Å². The highest BCUT2D eigenvalue weighted by Crippen LogP contribution is 2.30. The largest absolute Gasteiger partial charge is 0.481 e. The number of carboxylic acids is 1. The third kappa shape index (κ3) is 7.33. The number of amides is 2. The van der Waals surface area contributed by atoms with Crippen LogP contribution in [0.2, 0.25) is 0 Å². The maximum absolute atomic E-state index is 13.1. The summed E-state index contributed by atoms with van der Waals surface area (Å²) < 4.78 is 0.929. The minimum atomic E-state index is -0.799. The number of carbonyl (C=O) groups excluding carboxylic acids is 1. The Kier molecular flexibility index (Phi) is 8.86. The van der Waals surface area contributed by atoms with Crippen LogP contribution in [0.1, 0.15) is 70.6 Å². The van der Waals surface area contributed by atoms with Crippen LogP contribution in [0.3, 0.4) is 0 Å². The van der Waals surface area contributed by atoms with E-state index in [1.807, 2.05) is 4.90 Å². The lowest BCUT2D eigenvalue weighted by Crippen LogP contribution is -2.44. The molecule has 0 unspecified atom stereocenters. The first-order valence-corrected chi connectivity index (χ1v) is 12.5. The van der Waals surface area contributed by atoms with Gasteiger partial charge >= 0.3 is 12.0 Å². The molecule has 2 amide bonds. The highest BCUT2D eigenvalue weighted by Gasteiger charge is 2.26. The summed E-state index contributed by atoms with van der Waals surface area (Å²) in [4.78, 5) is 30.1. The van der Waals surface area contributed by atoms with Crippen molar-refractivity contribution in [2.24, 2.45) is 0 Å². The summed E-state index contributed by atoms with van der Waals surface area (Å²) >= 11 is 2.88. The predicted octanol–water partition coefficient (Wildman–Crippen LogP) is 5.77. The van der Waals surface area contributed by atoms with Gasteiger partial charge in [-0.25, -0.2) is 9.78 Å². The Bertz CT molecular complexity index is 714. The zero-order valence-electron chi connectivity index (χ0n) is 16.9. The molecule has 0 bridgehead atoms. The van der Waals surface area contributed by atoms with Crippen molar-refractivity contribution in [2.45, 2.75) is 80.9 Å². The summed E-state index contributed by atoms with van der Waals surface area (Å²) in [6.45, 7) is 0.772. The molecule has 0 spiro atoms. The van der Waals surface area contributed by atoms with E-state index in [4.69, 9.17) is 5.11 Å². The molecule has 1 saturated carbocycles. The Hall–Kier alpha value is -1.54. The van der Waals surface area contributed by atoms with Crippen molar-refractivity contribution in [1.82, 2.24) is 9.88 Å². The van der Waals surface area contributed by atoms with Crippen LogP contribution in [0.15, 0.2) is 22.1 Å². The van der Waals surface area contributed by atoms with E-state index in [0.717, 1.165) is 30.0 Å². The quantitative estimate of drug-likeness (QED) is 0.379. The van der Waals surface area contributed by atoms with Gasteiger partial charge in [0.25, 0.3) is 0 Å². The predicted molar refractivity (Wildman–Crippen MR) is 119 cm³/mol. The average molecular weight is 438 g/mol. The standard InChI is InChI=1S/C21H31N3O3S2/c25-18(26)12-14-28-19-15-22-20(29-19)23-21(27)24(17-9-5-2-6-10-17)13-11-16-7-3-1-4-8-16/h7,15,17H,1-6,8-14H2,(H,25,26)(H,22,23,27). The van der Waals surface area contributed by atoms with Gasteiger partial charge < -0.3 is 10.0 Å². The summed E-state index contributed by atoms with van der Waals surface area (Å²) in [6.07, 6.45) is 15.9. The van der Waals surface area contributed by atoms with E-state index in [1.54, 1.807) is 6.20 Å². The van der Waals surface area contributed by atoms with E-state index in [0.29, 0.717) is 16.9 Å². The van der Waals surface area contributed by atoms with Crippen molar-refractivity contribution in [2.75, 3.05) is 17.6 Å². The molecule has 1 fully saturated rings. The van der Waals surface area contributed by atoms with E-state index < -0.39 is 5.97 Å². The number of thiazole rings is 1. The first-order chi connectivity index (χ1) is 14.1. The first-order valence-electron chi connectivity index (χ1n) is 10.7. The van der Waals surface area contributed by atoms with Crippen LogP contribution in [0.25, 0.3) is 0 Å². The molecule has 160 valence electrons. The van der Waals surface area contributed by atoms with Gasteiger partial charge in [0.15, 0.2) is 5.13 Å². The number of carbonyl (C=O) groups is 2. The van der Waals surface area contributed by atoms with Crippen LogP contribution >= 0.6 is 23.1 Å². The smallest absolute Gasteiger partial charge is 0.323 e. The van der Waals surface area contributed by atoms with E-state index >= 15 is 0 Å². The molecule has 2 aliphatic carbocycles. The van der Waals surface area contributed by atoms with Gasteiger partial charge in [0, 0.05) is 18.3 Å². The second kappa shape index (κ2) is 11.6. The van der Waals surface area contributed by atoms with Gasteiger partial charge in [-0.1, -0.05) is 42.2 Å². The van der Waals surface area contributed by atoms with Gasteiger partial charge in [-0.2, -0.15) is 0 Å². The average Bonchev–Trinajstić information content (AvgIpc) is 3.16. The molecule has 6 nitrogen and oxygen atoms in total. The molecule has 2 N–H and O–H groups in total. The molecule has 0 atom stereocenters. The monoisotopic (exact) mass is 437 g/mol. The Labute approximate surface area is 181 Å². The van der Waals surface area contributed by atoms with Gasteiger partial charge in [0.05, 0.1) is 16.8 Å². The maximum atomic E-state index is 13.1. The number of nitrogens with one attached hydrogen (secondary N) is 1. The fourth-order valence-corrected chi connectivity index (χ4v) is 5.89. The molecule has 1 heterocycles. The number of carboxylic acid groups (broad SMARTS) is 1. The van der Waals surface area contributed by atoms with Crippen LogP contribution < -0.4 is 5.32 Å². The number of aliphatic carboxylic acids is 1. The summed E-state index contributed by atoms with van der Waals surface area (Å²) in [6, 6.07) is 0.266. The second-order valence-electron chi connectivity index (χ2n) is 7.75. The molecule has 0 aliphatic heterocycles. The number of aromatic nitrogens is 1. The van der Waals surface area contributed by atoms with Crippen molar-refractivity contribution < 1.29 is 14.7 Å². The number of hydrogen-bond acceptors (Lipinski definition) is 5. The number of thioether (sulfide) groups is 1. The van der Waals surface area contributed by atoms with Gasteiger partial charge in [-0.3, -0.25) is 10.1 Å². The van der Waals surface area contributed by atoms with E-state index in [1.165, 1.54) is 73.6 Å². The zero-order chi connectivity index (χ0) is 20.5. The summed E-state index contributed by atoms with van der Waals surface area (Å²) in [5, 5.41) is 12.3. The number of allylic oxidation sites excluding steroid dienone is 1. The molecule has 2 aliphatic rings. The fraction of sp³-hybridized carbons (Fsp3) is 0.667. The number of nitrogens with zero attached hydrogens (tertiary/aromatic N) is 2. The van der Waals surface area contributed by atoms with Crippen LogP contribution in [-0.2, 0) is 4.79 Å². The normalized spacial score (nSPS) is 17.6. The lowest BCUT2D eigenvalue weighted by molar-refractivity contribution is -0.136. The maximum Gasteiger partial charge on any atom is 0.323 e. The molecule has 0 saturated heterocycles. The van der Waals surface area contributed by atoms with Crippen LogP contribution in [0, 0.1) is 0 Å². The van der Waals surface area contributed by atoms with Crippen LogP contribution in [-0.4, -0.2) is 45.3 Å². The molecule has 0 aromatic carbocycles. The lowest BCUT2D eigenvalue weighted by atomic mass is 9.93. The second-order valence-corrected chi connectivity index (χ2v) is 10.2.